The number of aromatic nitrogens is 3. The summed E-state index contributed by atoms with van der Waals surface area (Å²) in [5, 5.41) is 7.66. The topological polar surface area (TPSA) is 185 Å². The lowest BCUT2D eigenvalue weighted by Crippen LogP contribution is -2.61. The Labute approximate surface area is 390 Å². The number of fused-ring (bicyclic) bond motifs is 6. The Balaban J connectivity index is 0.000000637. The van der Waals surface area contributed by atoms with Crippen molar-refractivity contribution in [2.24, 2.45) is 11.3 Å². The zero-order valence-corrected chi connectivity index (χ0v) is 40.3. The lowest BCUT2D eigenvalue weighted by molar-refractivity contribution is -0.155. The van der Waals surface area contributed by atoms with Crippen LogP contribution in [0.1, 0.15) is 101 Å². The van der Waals surface area contributed by atoms with E-state index in [1.165, 1.54) is 35.2 Å². The number of benzene rings is 1. The maximum atomic E-state index is 14.2. The number of nitrogens with one attached hydrogen (secondary N) is 2. The number of esters is 1. The van der Waals surface area contributed by atoms with Gasteiger partial charge in [-0.3, -0.25) is 43.3 Å². The van der Waals surface area contributed by atoms with Crippen LogP contribution in [0.25, 0.3) is 33.4 Å². The second kappa shape index (κ2) is 21.6. The second-order valence-electron chi connectivity index (χ2n) is 18.2. The average molecular weight is 923 g/mol. The van der Waals surface area contributed by atoms with Gasteiger partial charge in [-0.2, -0.15) is 0 Å². The van der Waals surface area contributed by atoms with Gasteiger partial charge in [-0.15, -0.1) is 11.3 Å². The first-order chi connectivity index (χ1) is 31.5. The molecular formula is C49H62N8O8S. The molecule has 4 atom stereocenters. The van der Waals surface area contributed by atoms with E-state index in [4.69, 9.17) is 14.5 Å². The lowest BCUT2D eigenvalue weighted by atomic mass is 9.84. The highest BCUT2D eigenvalue weighted by molar-refractivity contribution is 7.10. The molecule has 3 aliphatic rings. The van der Waals surface area contributed by atoms with Crippen LogP contribution in [0.2, 0.25) is 0 Å². The van der Waals surface area contributed by atoms with Crippen LogP contribution in [-0.2, 0) is 46.3 Å². The standard InChI is InChI=1S/C41H51N7O7S.C8H11NO/c1-23(2)36(46(7)22-49)38(51)44-31-18-34-43-32(20-56-34)26-13-14-33-28(17-26)29(37(48(33)25(4)50)27-11-9-15-42-35(27)24(3)54-8)19-41(5,6)21-55-40(53)30-12-10-16-47(45-30)39(31)52;1-2-5-8(10)9-6-3-4-7-9/h9,11,13-15,17,20,22-24,30-31,36,45H,10,12,16,18-19,21H2,1-8H3,(H,44,51);3-4,6-7H2,1H3/t24?,30-,31?,36?;/m0./s1. The number of ether oxygens (including phenoxy) is 2. The Kier molecular flexibility index (Phi) is 16.2. The minimum atomic E-state index is -1.05. The van der Waals surface area contributed by atoms with Crippen molar-refractivity contribution in [1.29, 1.82) is 0 Å². The molecule has 3 aliphatic heterocycles. The number of carbonyl (C=O) groups is 6. The highest BCUT2D eigenvalue weighted by atomic mass is 32.1. The molecular weight excluding hydrogens is 861 g/mol. The average Bonchev–Trinajstić information content (AvgIpc) is 4.08. The number of thiazole rings is 1. The van der Waals surface area contributed by atoms with E-state index >= 15 is 0 Å². The zero-order chi connectivity index (χ0) is 47.9. The number of hydrogen-bond donors (Lipinski definition) is 2. The first-order valence-corrected chi connectivity index (χ1v) is 23.4. The summed E-state index contributed by atoms with van der Waals surface area (Å²) in [5.41, 5.74) is 7.70. The van der Waals surface area contributed by atoms with Crippen molar-refractivity contribution in [2.75, 3.05) is 40.4 Å². The summed E-state index contributed by atoms with van der Waals surface area (Å²) in [6, 6.07) is 7.01. The molecule has 0 aliphatic carbocycles. The third-order valence-electron chi connectivity index (χ3n) is 12.2. The molecule has 2 N–H and O–H groups in total. The molecule has 66 heavy (non-hydrogen) atoms. The van der Waals surface area contributed by atoms with Crippen LogP contribution in [-0.4, -0.2) is 124 Å². The van der Waals surface area contributed by atoms with Crippen molar-refractivity contribution in [3.05, 3.63) is 58.2 Å². The molecule has 1 aromatic carbocycles. The van der Waals surface area contributed by atoms with E-state index in [9.17, 15) is 28.8 Å². The molecule has 17 heteroatoms. The lowest BCUT2D eigenvalue weighted by Gasteiger charge is -2.36. The van der Waals surface area contributed by atoms with Crippen LogP contribution in [0.3, 0.4) is 0 Å². The van der Waals surface area contributed by atoms with Gasteiger partial charge in [0.05, 0.1) is 40.3 Å². The van der Waals surface area contributed by atoms with Gasteiger partial charge in [-0.05, 0) is 87.6 Å². The Morgan fingerprint density at radius 1 is 1.11 bits per heavy atom. The highest BCUT2D eigenvalue weighted by Crippen LogP contribution is 2.42. The van der Waals surface area contributed by atoms with E-state index in [1.54, 1.807) is 29.7 Å². The van der Waals surface area contributed by atoms with Crippen molar-refractivity contribution >= 4 is 58.2 Å². The smallest absolute Gasteiger partial charge is 0.324 e. The summed E-state index contributed by atoms with van der Waals surface area (Å²) in [6.07, 6.45) is 5.72. The normalized spacial score (nSPS) is 19.4. The van der Waals surface area contributed by atoms with Gasteiger partial charge < -0.3 is 24.6 Å². The first-order valence-electron chi connectivity index (χ1n) is 22.5. The molecule has 352 valence electrons. The molecule has 3 aromatic heterocycles. The molecule has 0 radical (unpaired) electrons. The molecule has 0 saturated carbocycles. The SMILES string of the molecule is CC#CC(=O)N1CCCC1.COC(C)c1ncccc1-c1c2c3cc(ccc3n1C(C)=O)-c1csc(n1)CC(NC(=O)C(C(C)C)N(C)C=O)C(=O)N1CCC[C@H](N1)C(=O)OCC(C)(C)C2. The van der Waals surface area contributed by atoms with Crippen molar-refractivity contribution in [3.8, 4) is 34.4 Å². The Hall–Kier alpha value is -5.96. The zero-order valence-electron chi connectivity index (χ0n) is 39.4. The summed E-state index contributed by atoms with van der Waals surface area (Å²) >= 11 is 1.37. The van der Waals surface area contributed by atoms with E-state index in [0.717, 1.165) is 48.0 Å². The molecule has 16 nitrogen and oxygen atoms in total. The van der Waals surface area contributed by atoms with Crippen LogP contribution in [0.5, 0.6) is 0 Å². The van der Waals surface area contributed by atoms with Crippen molar-refractivity contribution in [3.63, 3.8) is 0 Å². The van der Waals surface area contributed by atoms with E-state index in [0.29, 0.717) is 59.8 Å². The second-order valence-corrected chi connectivity index (χ2v) is 19.2. The molecule has 6 heterocycles. The summed E-state index contributed by atoms with van der Waals surface area (Å²) in [7, 11) is 3.15. The van der Waals surface area contributed by atoms with Crippen LogP contribution in [0, 0.1) is 23.2 Å². The van der Waals surface area contributed by atoms with E-state index < -0.39 is 41.3 Å². The first kappa shape index (κ1) is 49.5. The molecule has 7 rings (SSSR count). The van der Waals surface area contributed by atoms with Crippen LogP contribution >= 0.6 is 11.3 Å². The van der Waals surface area contributed by atoms with E-state index in [-0.39, 0.29) is 36.9 Å². The fourth-order valence-corrected chi connectivity index (χ4v) is 9.71. The molecule has 0 spiro atoms. The number of hydrazine groups is 1. The van der Waals surface area contributed by atoms with Gasteiger partial charge in [0.1, 0.15) is 18.1 Å². The van der Waals surface area contributed by atoms with Gasteiger partial charge in [-0.25, -0.2) is 10.4 Å². The maximum Gasteiger partial charge on any atom is 0.324 e. The largest absolute Gasteiger partial charge is 0.464 e. The van der Waals surface area contributed by atoms with Gasteiger partial charge in [-0.1, -0.05) is 39.7 Å². The molecule has 6 bridgehead atoms. The number of amides is 4. The fraction of sp³-hybridized carbons (Fsp3) is 0.510. The van der Waals surface area contributed by atoms with Gasteiger partial charge in [0.25, 0.3) is 11.8 Å². The van der Waals surface area contributed by atoms with Crippen LogP contribution < -0.4 is 10.7 Å². The minimum absolute atomic E-state index is 0.0139. The monoisotopic (exact) mass is 922 g/mol. The maximum absolute atomic E-state index is 14.2. The van der Waals surface area contributed by atoms with Crippen LogP contribution in [0.4, 0.5) is 0 Å². The predicted octanol–water partition coefficient (Wildman–Crippen LogP) is 5.59. The van der Waals surface area contributed by atoms with Gasteiger partial charge in [0.2, 0.25) is 18.2 Å². The number of methoxy groups -OCH3 is 1. The van der Waals surface area contributed by atoms with E-state index in [1.807, 2.05) is 70.3 Å². The number of pyridine rings is 1. The van der Waals surface area contributed by atoms with Crippen LogP contribution in [0.15, 0.2) is 41.9 Å². The minimum Gasteiger partial charge on any atom is -0.464 e. The predicted molar refractivity (Wildman–Crippen MR) is 252 cm³/mol. The molecule has 2 fully saturated rings. The van der Waals surface area contributed by atoms with Gasteiger partial charge >= 0.3 is 5.97 Å². The summed E-state index contributed by atoms with van der Waals surface area (Å²) in [6.45, 7) is 15.0. The number of nitrogens with zero attached hydrogens (tertiary/aromatic N) is 6. The third-order valence-corrected chi connectivity index (χ3v) is 13.1. The number of carbonyl (C=O) groups excluding carboxylic acids is 6. The third kappa shape index (κ3) is 11.2. The number of rotatable bonds is 8. The molecule has 4 amide bonds. The van der Waals surface area contributed by atoms with Crippen molar-refractivity contribution < 1.29 is 38.2 Å². The Morgan fingerprint density at radius 2 is 1.85 bits per heavy atom. The number of likely N-dealkylation sites (N-methyl/N-ethyl adjacent to an activating group) is 1. The fourth-order valence-electron chi connectivity index (χ4n) is 8.86. The Morgan fingerprint density at radius 3 is 2.52 bits per heavy atom. The molecule has 2 saturated heterocycles. The Bertz CT molecular complexity index is 2510. The van der Waals surface area contributed by atoms with Gasteiger partial charge in [0.15, 0.2) is 0 Å². The van der Waals surface area contributed by atoms with Crippen molar-refractivity contribution in [2.45, 2.75) is 111 Å². The quantitative estimate of drug-likeness (QED) is 0.128. The van der Waals surface area contributed by atoms with Crippen molar-refractivity contribution in [1.82, 2.24) is 40.1 Å². The highest BCUT2D eigenvalue weighted by Gasteiger charge is 2.37. The summed E-state index contributed by atoms with van der Waals surface area (Å²) in [5.74, 6) is 3.32. The molecule has 3 unspecified atom stereocenters. The molecule has 4 aromatic rings. The summed E-state index contributed by atoms with van der Waals surface area (Å²) in [4.78, 5) is 90.7. The number of hydrogen-bond acceptors (Lipinski definition) is 12. The van der Waals surface area contributed by atoms with Gasteiger partial charge in [0, 0.05) is 80.6 Å². The number of likely N-dealkylation sites (tertiary alicyclic amines) is 1. The van der Waals surface area contributed by atoms with E-state index in [2.05, 4.69) is 27.6 Å². The summed E-state index contributed by atoms with van der Waals surface area (Å²) < 4.78 is 13.4. The number of cyclic esters (lactones) is 1.